The number of methoxy groups -OCH3 is 1. The molecule has 0 saturated carbocycles. The summed E-state index contributed by atoms with van der Waals surface area (Å²) in [4.78, 5) is 23.5. The van der Waals surface area contributed by atoms with Crippen molar-refractivity contribution in [1.29, 1.82) is 5.26 Å². The minimum atomic E-state index is -0.610. The van der Waals surface area contributed by atoms with Gasteiger partial charge in [0.1, 0.15) is 12.2 Å². The predicted molar refractivity (Wildman–Crippen MR) is 152 cm³/mol. The number of halogens is 2. The molecule has 2 fully saturated rings. The van der Waals surface area contributed by atoms with Gasteiger partial charge in [-0.05, 0) is 38.1 Å². The molecule has 1 N–H and O–H groups in total. The van der Waals surface area contributed by atoms with Crippen molar-refractivity contribution in [3.8, 4) is 17.6 Å². The third kappa shape index (κ3) is 6.07. The number of nitrogens with one attached hydrogen (secondary N) is 1. The molecule has 2 aliphatic rings. The van der Waals surface area contributed by atoms with Crippen molar-refractivity contribution in [3.05, 3.63) is 52.9 Å². The van der Waals surface area contributed by atoms with Crippen molar-refractivity contribution in [2.24, 2.45) is 0 Å². The molecule has 2 aromatic carbocycles. The number of hydrogen-bond donors (Lipinski definition) is 1. The van der Waals surface area contributed by atoms with Crippen molar-refractivity contribution in [1.82, 2.24) is 19.7 Å². The Kier molecular flexibility index (Phi) is 8.54. The Morgan fingerprint density at radius 3 is 2.62 bits per heavy atom. The van der Waals surface area contributed by atoms with Gasteiger partial charge in [0, 0.05) is 56.9 Å². The minimum absolute atomic E-state index is 0.0239. The third-order valence-corrected chi connectivity index (χ3v) is 7.82. The van der Waals surface area contributed by atoms with Gasteiger partial charge in [0.2, 0.25) is 5.91 Å². The number of pyridine rings is 1. The number of amides is 1. The Morgan fingerprint density at radius 2 is 1.93 bits per heavy atom. The lowest BCUT2D eigenvalue weighted by Crippen LogP contribution is -2.51. The number of nitrogens with zero attached hydrogens (tertiary/aromatic N) is 5. The van der Waals surface area contributed by atoms with Gasteiger partial charge in [0.25, 0.3) is 0 Å². The molecule has 0 spiro atoms. The number of likely N-dealkylation sites (tertiary alicyclic amines) is 1. The maximum atomic E-state index is 14.7. The molecule has 1 aromatic heterocycles. The van der Waals surface area contributed by atoms with Crippen LogP contribution in [0.25, 0.3) is 10.9 Å². The SMILES string of the molecule is COc1cc2ncc(C#N)c(Nc3cccc(Cl)c3F)c2cc1OC1CCN(CC(=O)N2CCN(C)CC2)CC1. The van der Waals surface area contributed by atoms with Crippen LogP contribution in [0.1, 0.15) is 18.4 Å². The smallest absolute Gasteiger partial charge is 0.236 e. The Bertz CT molecular complexity index is 1430. The van der Waals surface area contributed by atoms with Gasteiger partial charge in [-0.1, -0.05) is 17.7 Å². The van der Waals surface area contributed by atoms with E-state index in [1.165, 1.54) is 12.3 Å². The second kappa shape index (κ2) is 12.3. The molecule has 2 aliphatic heterocycles. The van der Waals surface area contributed by atoms with Crippen LogP contribution in [0.3, 0.4) is 0 Å². The Balaban J connectivity index is 1.32. The van der Waals surface area contributed by atoms with Crippen LogP contribution in [0.4, 0.5) is 15.8 Å². The van der Waals surface area contributed by atoms with Crippen LogP contribution in [0.2, 0.25) is 5.02 Å². The van der Waals surface area contributed by atoms with E-state index in [1.54, 1.807) is 31.4 Å². The average Bonchev–Trinajstić information content (AvgIpc) is 2.96. The largest absolute Gasteiger partial charge is 0.493 e. The number of anilines is 2. The fourth-order valence-corrected chi connectivity index (χ4v) is 5.29. The number of fused-ring (bicyclic) bond motifs is 1. The number of ether oxygens (including phenoxy) is 2. The summed E-state index contributed by atoms with van der Waals surface area (Å²) in [5.41, 5.74) is 1.36. The quantitative estimate of drug-likeness (QED) is 0.453. The summed E-state index contributed by atoms with van der Waals surface area (Å²) in [6, 6.07) is 10.3. The summed E-state index contributed by atoms with van der Waals surface area (Å²) >= 11 is 5.97. The molecule has 1 amide bonds. The fourth-order valence-electron chi connectivity index (χ4n) is 5.12. The molecule has 9 nitrogen and oxygen atoms in total. The molecule has 3 aromatic rings. The van der Waals surface area contributed by atoms with Gasteiger partial charge in [0.15, 0.2) is 17.3 Å². The van der Waals surface area contributed by atoms with Crippen LogP contribution in [-0.2, 0) is 4.79 Å². The lowest BCUT2D eigenvalue weighted by molar-refractivity contribution is -0.134. The molecule has 3 heterocycles. The first-order chi connectivity index (χ1) is 19.4. The van der Waals surface area contributed by atoms with Gasteiger partial charge >= 0.3 is 0 Å². The van der Waals surface area contributed by atoms with E-state index in [2.05, 4.69) is 33.2 Å². The van der Waals surface area contributed by atoms with E-state index < -0.39 is 5.82 Å². The van der Waals surface area contributed by atoms with Crippen LogP contribution in [0, 0.1) is 17.1 Å². The zero-order chi connectivity index (χ0) is 28.2. The normalized spacial score (nSPS) is 17.0. The van der Waals surface area contributed by atoms with E-state index in [4.69, 9.17) is 21.1 Å². The number of benzene rings is 2. The molecule has 40 heavy (non-hydrogen) atoms. The lowest BCUT2D eigenvalue weighted by Gasteiger charge is -2.36. The summed E-state index contributed by atoms with van der Waals surface area (Å²) < 4.78 is 26.7. The van der Waals surface area contributed by atoms with Gasteiger partial charge in [-0.2, -0.15) is 5.26 Å². The molecule has 0 radical (unpaired) electrons. The molecule has 11 heteroatoms. The Labute approximate surface area is 238 Å². The van der Waals surface area contributed by atoms with E-state index in [0.29, 0.717) is 34.6 Å². The van der Waals surface area contributed by atoms with Crippen LogP contribution in [0.5, 0.6) is 11.5 Å². The maximum Gasteiger partial charge on any atom is 0.236 e. The second-order valence-electron chi connectivity index (χ2n) is 10.2. The minimum Gasteiger partial charge on any atom is -0.493 e. The van der Waals surface area contributed by atoms with Crippen molar-refractivity contribution in [2.45, 2.75) is 18.9 Å². The summed E-state index contributed by atoms with van der Waals surface area (Å²) in [6.45, 7) is 5.30. The highest BCUT2D eigenvalue weighted by Crippen LogP contribution is 2.39. The number of rotatable bonds is 7. The van der Waals surface area contributed by atoms with E-state index >= 15 is 0 Å². The zero-order valence-electron chi connectivity index (χ0n) is 22.6. The maximum absolute atomic E-state index is 14.7. The number of carbonyl (C=O) groups is 1. The van der Waals surface area contributed by atoms with E-state index in [0.717, 1.165) is 52.1 Å². The highest BCUT2D eigenvalue weighted by atomic mass is 35.5. The first-order valence-electron chi connectivity index (χ1n) is 13.3. The Morgan fingerprint density at radius 1 is 1.18 bits per heavy atom. The topological polar surface area (TPSA) is 94.0 Å². The highest BCUT2D eigenvalue weighted by molar-refractivity contribution is 6.31. The van der Waals surface area contributed by atoms with Gasteiger partial charge in [-0.15, -0.1) is 0 Å². The summed E-state index contributed by atoms with van der Waals surface area (Å²) in [6.07, 6.45) is 2.88. The average molecular weight is 567 g/mol. The number of piperazine rings is 1. The summed E-state index contributed by atoms with van der Waals surface area (Å²) in [5, 5.41) is 13.4. The van der Waals surface area contributed by atoms with Crippen molar-refractivity contribution >= 4 is 39.8 Å². The van der Waals surface area contributed by atoms with E-state index in [-0.39, 0.29) is 28.3 Å². The number of nitriles is 1. The zero-order valence-corrected chi connectivity index (χ0v) is 23.4. The number of likely N-dealkylation sites (N-methyl/N-ethyl adjacent to an activating group) is 1. The monoisotopic (exact) mass is 566 g/mol. The molecule has 0 aliphatic carbocycles. The standard InChI is InChI=1S/C29H32ClFN6O3/c1-35-10-12-37(13-11-35)27(38)18-36-8-6-20(7-9-36)40-26-14-21-24(15-25(26)39-2)33-17-19(16-32)29(21)34-23-5-3-4-22(30)28(23)31/h3-5,14-15,17,20H,6-13,18H2,1-2H3,(H,33,34). The van der Waals surface area contributed by atoms with Crippen molar-refractivity contribution in [3.63, 3.8) is 0 Å². The van der Waals surface area contributed by atoms with Crippen LogP contribution in [0.15, 0.2) is 36.5 Å². The van der Waals surface area contributed by atoms with Gasteiger partial charge in [0.05, 0.1) is 41.1 Å². The van der Waals surface area contributed by atoms with Gasteiger partial charge < -0.3 is 24.6 Å². The first kappa shape index (κ1) is 27.9. The molecule has 0 bridgehead atoms. The number of carbonyl (C=O) groups excluding carboxylic acids is 1. The van der Waals surface area contributed by atoms with Gasteiger partial charge in [-0.3, -0.25) is 14.7 Å². The number of hydrogen-bond acceptors (Lipinski definition) is 8. The van der Waals surface area contributed by atoms with Crippen LogP contribution >= 0.6 is 11.6 Å². The lowest BCUT2D eigenvalue weighted by atomic mass is 10.1. The van der Waals surface area contributed by atoms with E-state index in [9.17, 15) is 14.4 Å². The molecule has 0 atom stereocenters. The molecule has 2 saturated heterocycles. The first-order valence-corrected chi connectivity index (χ1v) is 13.7. The van der Waals surface area contributed by atoms with Crippen molar-refractivity contribution < 1.29 is 18.7 Å². The van der Waals surface area contributed by atoms with Crippen LogP contribution < -0.4 is 14.8 Å². The molecular weight excluding hydrogens is 535 g/mol. The Hall–Kier alpha value is -3.65. The number of piperidine rings is 1. The number of aromatic nitrogens is 1. The molecular formula is C29H32ClFN6O3. The second-order valence-corrected chi connectivity index (χ2v) is 10.6. The molecule has 210 valence electrons. The van der Waals surface area contributed by atoms with Crippen molar-refractivity contribution in [2.75, 3.05) is 65.3 Å². The summed E-state index contributed by atoms with van der Waals surface area (Å²) in [5.74, 6) is 0.590. The summed E-state index contributed by atoms with van der Waals surface area (Å²) in [7, 11) is 3.64. The molecule has 0 unspecified atom stereocenters. The molecule has 5 rings (SSSR count). The van der Waals surface area contributed by atoms with E-state index in [1.807, 2.05) is 4.90 Å². The van der Waals surface area contributed by atoms with Gasteiger partial charge in [-0.25, -0.2) is 4.39 Å². The predicted octanol–water partition coefficient (Wildman–Crippen LogP) is 4.27. The fraction of sp³-hybridized carbons (Fsp3) is 0.414. The van der Waals surface area contributed by atoms with Crippen LogP contribution in [-0.4, -0.2) is 91.7 Å². The third-order valence-electron chi connectivity index (χ3n) is 7.53. The highest BCUT2D eigenvalue weighted by Gasteiger charge is 2.26.